The lowest BCUT2D eigenvalue weighted by molar-refractivity contribution is 0.314. The molecular formula is C4H15BO6P3-. The van der Waals surface area contributed by atoms with Gasteiger partial charge in [-0.2, -0.15) is 0 Å². The first-order valence-corrected chi connectivity index (χ1v) is 8.88. The molecule has 1 N–H and O–H groups in total. The van der Waals surface area contributed by atoms with Gasteiger partial charge in [0.15, 0.2) is 7.47 Å². The second-order valence-corrected chi connectivity index (χ2v) is 9.86. The van der Waals surface area contributed by atoms with Crippen molar-refractivity contribution >= 4 is 29.8 Å². The summed E-state index contributed by atoms with van der Waals surface area (Å²) < 4.78 is 43.0. The predicted octanol–water partition coefficient (Wildman–Crippen LogP) is 0.888. The van der Waals surface area contributed by atoms with Crippen LogP contribution < -0.4 is 0 Å². The molecule has 0 aliphatic carbocycles. The molecule has 6 nitrogen and oxygen atoms in total. The van der Waals surface area contributed by atoms with Crippen LogP contribution in [0.5, 0.6) is 0 Å². The lowest BCUT2D eigenvalue weighted by atomic mass is 10.8. The molecule has 0 fully saturated rings. The Morgan fingerprint density at radius 3 is 2.00 bits per heavy atom. The highest BCUT2D eigenvalue weighted by atomic mass is 31.3. The summed E-state index contributed by atoms with van der Waals surface area (Å²) in [6.07, 6.45) is 0. The lowest BCUT2D eigenvalue weighted by Crippen LogP contribution is -1.95. The summed E-state index contributed by atoms with van der Waals surface area (Å²) in [6.45, 7) is 2.75. The average molecular weight is 263 g/mol. The highest BCUT2D eigenvalue weighted by molar-refractivity contribution is 7.86. The van der Waals surface area contributed by atoms with Gasteiger partial charge < -0.3 is 18.5 Å². The fourth-order valence-electron chi connectivity index (χ4n) is 0.594. The van der Waals surface area contributed by atoms with Crippen molar-refractivity contribution in [2.24, 2.45) is 0 Å². The number of hydrogen-bond acceptors (Lipinski definition) is 5. The van der Waals surface area contributed by atoms with E-state index in [1.54, 1.807) is 0 Å². The van der Waals surface area contributed by atoms with Crippen LogP contribution in [0.25, 0.3) is 0 Å². The van der Waals surface area contributed by atoms with Crippen molar-refractivity contribution in [3.05, 3.63) is 0 Å². The van der Waals surface area contributed by atoms with Gasteiger partial charge >= 0.3 is 7.60 Å². The van der Waals surface area contributed by atoms with Gasteiger partial charge in [0.1, 0.15) is 5.90 Å². The molecule has 2 unspecified atom stereocenters. The maximum Gasteiger partial charge on any atom is 0.340 e. The van der Waals surface area contributed by atoms with E-state index in [0.717, 1.165) is 0 Å². The van der Waals surface area contributed by atoms with Gasteiger partial charge in [-0.25, -0.2) is 0 Å². The zero-order valence-electron chi connectivity index (χ0n) is 7.54. The SMILES string of the molecule is [BH3-]P(=O)(OC)OP(=O)(O)CP(C)(C)=O. The number of rotatable bonds is 5. The highest BCUT2D eigenvalue weighted by Crippen LogP contribution is 2.64. The third kappa shape index (κ3) is 7.00. The standard InChI is InChI=1S/C4H15BO6P3/c1-10-14(5,9)11-13(7,8)4-12(2,3)6/h4H2,1-3,5H3,(H,7,8)/q-1. The molecule has 0 saturated heterocycles. The molecule has 0 bridgehead atoms. The van der Waals surface area contributed by atoms with Gasteiger partial charge in [-0.3, -0.25) is 8.88 Å². The molecule has 0 aliphatic rings. The second kappa shape index (κ2) is 4.65. The third-order valence-electron chi connectivity index (χ3n) is 0.863. The Morgan fingerprint density at radius 2 is 1.71 bits per heavy atom. The van der Waals surface area contributed by atoms with Crippen molar-refractivity contribution in [2.45, 2.75) is 0 Å². The molecule has 0 aromatic carbocycles. The third-order valence-corrected chi connectivity index (χ3v) is 6.87. The van der Waals surface area contributed by atoms with Crippen LogP contribution in [0.4, 0.5) is 0 Å². The summed E-state index contributed by atoms with van der Waals surface area (Å²) in [5.74, 6) is -0.459. The van der Waals surface area contributed by atoms with Crippen molar-refractivity contribution in [1.29, 1.82) is 0 Å². The zero-order chi connectivity index (χ0) is 11.6. The first-order chi connectivity index (χ1) is 5.97. The highest BCUT2D eigenvalue weighted by Gasteiger charge is 2.30. The largest absolute Gasteiger partial charge is 0.341 e. The molecule has 0 spiro atoms. The topological polar surface area (TPSA) is 89.9 Å². The van der Waals surface area contributed by atoms with Crippen molar-refractivity contribution in [1.82, 2.24) is 0 Å². The van der Waals surface area contributed by atoms with Crippen LogP contribution in [-0.4, -0.2) is 38.8 Å². The van der Waals surface area contributed by atoms with E-state index >= 15 is 0 Å². The van der Waals surface area contributed by atoms with Gasteiger partial charge in [0, 0.05) is 7.11 Å². The molecule has 0 heterocycles. The molecule has 10 heteroatoms. The van der Waals surface area contributed by atoms with Crippen LogP contribution in [0, 0.1) is 0 Å². The van der Waals surface area contributed by atoms with E-state index in [2.05, 4.69) is 8.83 Å². The second-order valence-electron chi connectivity index (χ2n) is 2.84. The Kier molecular flexibility index (Phi) is 4.86. The van der Waals surface area contributed by atoms with E-state index in [-0.39, 0.29) is 0 Å². The average Bonchev–Trinajstić information content (AvgIpc) is 1.78. The van der Waals surface area contributed by atoms with Crippen LogP contribution in [0.3, 0.4) is 0 Å². The van der Waals surface area contributed by atoms with E-state index in [1.807, 2.05) is 0 Å². The van der Waals surface area contributed by atoms with Crippen LogP contribution >= 0.6 is 22.2 Å². The summed E-state index contributed by atoms with van der Waals surface area (Å²) in [4.78, 5) is 9.27. The molecule has 14 heavy (non-hydrogen) atoms. The predicted molar refractivity (Wildman–Crippen MR) is 59.8 cm³/mol. The minimum absolute atomic E-state index is 0.459. The first-order valence-electron chi connectivity index (χ1n) is 3.23. The van der Waals surface area contributed by atoms with E-state index in [4.69, 9.17) is 0 Å². The Morgan fingerprint density at radius 1 is 1.29 bits per heavy atom. The first kappa shape index (κ1) is 14.6. The summed E-state index contributed by atoms with van der Waals surface area (Å²) >= 11 is 0. The molecule has 0 aromatic rings. The van der Waals surface area contributed by atoms with Gasteiger partial charge in [-0.15, -0.1) is 0 Å². The van der Waals surface area contributed by atoms with Crippen LogP contribution in [0.15, 0.2) is 0 Å². The van der Waals surface area contributed by atoms with Crippen LogP contribution in [0.1, 0.15) is 0 Å². The Labute approximate surface area is 84.2 Å². The number of hydrogen-bond donors (Lipinski definition) is 1. The Hall–Kier alpha value is 0.635. The molecule has 0 radical (unpaired) electrons. The fraction of sp³-hybridized carbons (Fsp3) is 1.00. The van der Waals surface area contributed by atoms with Crippen molar-refractivity contribution < 1.29 is 27.4 Å². The summed E-state index contributed by atoms with van der Waals surface area (Å²) in [6, 6.07) is 0. The van der Waals surface area contributed by atoms with Crippen LogP contribution in [0.2, 0.25) is 0 Å². The molecule has 0 rings (SSSR count). The van der Waals surface area contributed by atoms with Crippen molar-refractivity contribution in [3.63, 3.8) is 0 Å². The molecule has 0 saturated carbocycles. The van der Waals surface area contributed by atoms with E-state index in [0.29, 0.717) is 0 Å². The summed E-state index contributed by atoms with van der Waals surface area (Å²) in [5, 5.41) is 0. The quantitative estimate of drug-likeness (QED) is 0.585. The van der Waals surface area contributed by atoms with Gasteiger partial charge in [0.25, 0.3) is 0 Å². The van der Waals surface area contributed by atoms with E-state index < -0.39 is 35.7 Å². The lowest BCUT2D eigenvalue weighted by Gasteiger charge is -2.21. The monoisotopic (exact) mass is 263 g/mol. The molecule has 0 amide bonds. The van der Waals surface area contributed by atoms with Gasteiger partial charge in [-0.1, -0.05) is 0 Å². The summed E-state index contributed by atoms with van der Waals surface area (Å²) in [5.41, 5.74) is 0. The molecule has 86 valence electrons. The van der Waals surface area contributed by atoms with Gasteiger partial charge in [0.2, 0.25) is 0 Å². The minimum Gasteiger partial charge on any atom is -0.341 e. The van der Waals surface area contributed by atoms with Crippen LogP contribution in [-0.2, 0) is 22.5 Å². The Balaban J connectivity index is 4.60. The molecule has 0 aromatic heterocycles. The normalized spacial score (nSPS) is 21.2. The van der Waals surface area contributed by atoms with E-state index in [9.17, 15) is 18.6 Å². The maximum atomic E-state index is 11.4. The van der Waals surface area contributed by atoms with Crippen molar-refractivity contribution in [2.75, 3.05) is 26.3 Å². The molecular weight excluding hydrogens is 248 g/mol. The Bertz CT molecular complexity index is 334. The minimum atomic E-state index is -4.04. The fourth-order valence-corrected chi connectivity index (χ4v) is 5.81. The van der Waals surface area contributed by atoms with E-state index in [1.165, 1.54) is 20.4 Å². The van der Waals surface area contributed by atoms with Gasteiger partial charge in [0.05, 0.1) is 14.7 Å². The maximum absolute atomic E-state index is 11.4. The van der Waals surface area contributed by atoms with Gasteiger partial charge in [-0.05, 0) is 13.3 Å². The van der Waals surface area contributed by atoms with Crippen molar-refractivity contribution in [3.8, 4) is 0 Å². The summed E-state index contributed by atoms with van der Waals surface area (Å²) in [7, 11) is -9.65. The molecule has 2 atom stereocenters. The zero-order valence-corrected chi connectivity index (χ0v) is 10.2. The smallest absolute Gasteiger partial charge is 0.340 e. The molecule has 0 aliphatic heterocycles.